The van der Waals surface area contributed by atoms with Crippen molar-refractivity contribution >= 4 is 34.5 Å². The Morgan fingerprint density at radius 2 is 2.06 bits per heavy atom. The molecule has 1 aromatic rings. The van der Waals surface area contributed by atoms with E-state index in [9.17, 15) is 9.59 Å². The number of carbonyl (C=O) groups excluding carboxylic acids is 1. The summed E-state index contributed by atoms with van der Waals surface area (Å²) in [5.41, 5.74) is 1.69. The van der Waals surface area contributed by atoms with Gasteiger partial charge in [-0.25, -0.2) is 0 Å². The summed E-state index contributed by atoms with van der Waals surface area (Å²) >= 11 is 2.15. The molecule has 1 aromatic carbocycles. The van der Waals surface area contributed by atoms with Crippen LogP contribution < -0.4 is 0 Å². The zero-order valence-corrected chi connectivity index (χ0v) is 12.6. The summed E-state index contributed by atoms with van der Waals surface area (Å²) in [7, 11) is 0. The minimum atomic E-state index is -0.889. The van der Waals surface area contributed by atoms with E-state index in [0.717, 1.165) is 9.13 Å². The number of nitrogens with zero attached hydrogens (tertiary/aromatic N) is 1. The lowest BCUT2D eigenvalue weighted by molar-refractivity contribution is -0.137. The van der Waals surface area contributed by atoms with Gasteiger partial charge in [0.05, 0.1) is 12.0 Å². The van der Waals surface area contributed by atoms with Gasteiger partial charge in [-0.15, -0.1) is 0 Å². The fourth-order valence-electron chi connectivity index (χ4n) is 1.62. The Morgan fingerprint density at radius 3 is 2.61 bits per heavy atom. The molecule has 0 fully saturated rings. The first-order chi connectivity index (χ1) is 8.47. The highest BCUT2D eigenvalue weighted by molar-refractivity contribution is 14.1. The average molecular weight is 361 g/mol. The molecule has 0 aliphatic carbocycles. The number of halogens is 1. The van der Waals surface area contributed by atoms with Crippen LogP contribution >= 0.6 is 22.6 Å². The maximum Gasteiger partial charge on any atom is 0.305 e. The van der Waals surface area contributed by atoms with Crippen LogP contribution in [0.3, 0.4) is 0 Å². The minimum absolute atomic E-state index is 0.0258. The van der Waals surface area contributed by atoms with Gasteiger partial charge in [-0.2, -0.15) is 0 Å². The van der Waals surface area contributed by atoms with Crippen molar-refractivity contribution in [3.63, 3.8) is 0 Å². The molecule has 98 valence electrons. The predicted octanol–water partition coefficient (Wildman–Crippen LogP) is 2.54. The van der Waals surface area contributed by atoms with Gasteiger partial charge in [-0.3, -0.25) is 9.59 Å². The number of aliphatic carboxylic acids is 1. The number of aryl methyl sites for hydroxylation is 1. The molecule has 18 heavy (non-hydrogen) atoms. The molecular weight excluding hydrogens is 345 g/mol. The molecule has 0 spiro atoms. The fraction of sp³-hybridized carbons (Fsp3) is 0.385. The molecule has 0 heterocycles. The van der Waals surface area contributed by atoms with Gasteiger partial charge in [0.15, 0.2) is 0 Å². The summed E-state index contributed by atoms with van der Waals surface area (Å²) in [6, 6.07) is 5.57. The average Bonchev–Trinajstić information content (AvgIpc) is 2.32. The zero-order valence-electron chi connectivity index (χ0n) is 10.4. The largest absolute Gasteiger partial charge is 0.481 e. The number of amides is 1. The Labute approximate surface area is 120 Å². The smallest absolute Gasteiger partial charge is 0.305 e. The maximum atomic E-state index is 12.3. The quantitative estimate of drug-likeness (QED) is 0.820. The number of benzene rings is 1. The van der Waals surface area contributed by atoms with Crippen LogP contribution in [0.4, 0.5) is 0 Å². The first-order valence-electron chi connectivity index (χ1n) is 5.73. The maximum absolute atomic E-state index is 12.3. The summed E-state index contributed by atoms with van der Waals surface area (Å²) < 4.78 is 0.925. The molecule has 0 unspecified atom stereocenters. The number of carboxylic acid groups (broad SMARTS) is 1. The van der Waals surface area contributed by atoms with Crippen LogP contribution in [-0.2, 0) is 4.79 Å². The second kappa shape index (κ2) is 6.72. The van der Waals surface area contributed by atoms with Crippen molar-refractivity contribution < 1.29 is 14.7 Å². The van der Waals surface area contributed by atoms with E-state index in [1.54, 1.807) is 11.0 Å². The Bertz CT molecular complexity index is 460. The standard InChI is InChI=1S/C13H16INO3/c1-3-15(8-7-11(16)17)13(18)10-6-4-5-9(2)12(10)14/h4-6H,3,7-8H2,1-2H3,(H,16,17). The van der Waals surface area contributed by atoms with Crippen molar-refractivity contribution in [2.24, 2.45) is 0 Å². The summed E-state index contributed by atoms with van der Waals surface area (Å²) in [4.78, 5) is 24.4. The molecule has 0 atom stereocenters. The number of carbonyl (C=O) groups is 2. The van der Waals surface area contributed by atoms with Crippen LogP contribution in [0.2, 0.25) is 0 Å². The normalized spacial score (nSPS) is 10.2. The summed E-state index contributed by atoms with van der Waals surface area (Å²) in [6.07, 6.45) is -0.0258. The Morgan fingerprint density at radius 1 is 1.39 bits per heavy atom. The van der Waals surface area contributed by atoms with E-state index in [1.165, 1.54) is 0 Å². The van der Waals surface area contributed by atoms with E-state index < -0.39 is 5.97 Å². The lowest BCUT2D eigenvalue weighted by Gasteiger charge is -2.21. The van der Waals surface area contributed by atoms with Crippen LogP contribution in [0.1, 0.15) is 29.3 Å². The van der Waals surface area contributed by atoms with Crippen LogP contribution in [0.25, 0.3) is 0 Å². The van der Waals surface area contributed by atoms with E-state index >= 15 is 0 Å². The number of hydrogen-bond donors (Lipinski definition) is 1. The van der Waals surface area contributed by atoms with Gasteiger partial charge in [-0.1, -0.05) is 12.1 Å². The molecule has 1 rings (SSSR count). The lowest BCUT2D eigenvalue weighted by Crippen LogP contribution is -2.33. The molecule has 1 amide bonds. The number of carboxylic acids is 1. The van der Waals surface area contributed by atoms with Crippen molar-refractivity contribution in [1.29, 1.82) is 0 Å². The first-order valence-corrected chi connectivity index (χ1v) is 6.81. The van der Waals surface area contributed by atoms with Gasteiger partial charge in [0, 0.05) is 16.7 Å². The summed E-state index contributed by atoms with van der Waals surface area (Å²) in [5, 5.41) is 8.67. The van der Waals surface area contributed by atoms with E-state index in [4.69, 9.17) is 5.11 Å². The van der Waals surface area contributed by atoms with Crippen LogP contribution in [0.15, 0.2) is 18.2 Å². The monoisotopic (exact) mass is 361 g/mol. The van der Waals surface area contributed by atoms with Crippen molar-refractivity contribution in [2.45, 2.75) is 20.3 Å². The van der Waals surface area contributed by atoms with Crippen molar-refractivity contribution in [3.8, 4) is 0 Å². The van der Waals surface area contributed by atoms with E-state index in [0.29, 0.717) is 12.1 Å². The predicted molar refractivity (Wildman–Crippen MR) is 77.7 cm³/mol. The summed E-state index contributed by atoms with van der Waals surface area (Å²) in [5.74, 6) is -0.993. The molecule has 0 saturated carbocycles. The van der Waals surface area contributed by atoms with Crippen LogP contribution in [-0.4, -0.2) is 35.0 Å². The lowest BCUT2D eigenvalue weighted by atomic mass is 10.1. The van der Waals surface area contributed by atoms with Crippen LogP contribution in [0, 0.1) is 10.5 Å². The van der Waals surface area contributed by atoms with E-state index in [1.807, 2.05) is 26.0 Å². The van der Waals surface area contributed by atoms with Gasteiger partial charge in [0.25, 0.3) is 5.91 Å². The number of rotatable bonds is 5. The molecule has 0 radical (unpaired) electrons. The SMILES string of the molecule is CCN(CCC(=O)O)C(=O)c1cccc(C)c1I. The third kappa shape index (κ3) is 3.69. The molecule has 0 aliphatic rings. The van der Waals surface area contributed by atoms with Crippen molar-refractivity contribution in [1.82, 2.24) is 4.90 Å². The Kier molecular flexibility index (Phi) is 5.58. The van der Waals surface area contributed by atoms with Crippen LogP contribution in [0.5, 0.6) is 0 Å². The van der Waals surface area contributed by atoms with E-state index in [2.05, 4.69) is 22.6 Å². The second-order valence-corrected chi connectivity index (χ2v) is 5.04. The minimum Gasteiger partial charge on any atom is -0.481 e. The highest BCUT2D eigenvalue weighted by Gasteiger charge is 2.18. The Balaban J connectivity index is 2.89. The number of hydrogen-bond acceptors (Lipinski definition) is 2. The topological polar surface area (TPSA) is 57.6 Å². The Hall–Kier alpha value is -1.11. The van der Waals surface area contributed by atoms with Gasteiger partial charge in [0.1, 0.15) is 0 Å². The second-order valence-electron chi connectivity index (χ2n) is 3.97. The highest BCUT2D eigenvalue weighted by atomic mass is 127. The highest BCUT2D eigenvalue weighted by Crippen LogP contribution is 2.18. The fourth-order valence-corrected chi connectivity index (χ4v) is 2.21. The summed E-state index contributed by atoms with van der Waals surface area (Å²) in [6.45, 7) is 4.55. The van der Waals surface area contributed by atoms with Gasteiger partial charge >= 0.3 is 5.97 Å². The van der Waals surface area contributed by atoms with Crippen molar-refractivity contribution in [2.75, 3.05) is 13.1 Å². The third-order valence-electron chi connectivity index (χ3n) is 2.69. The van der Waals surface area contributed by atoms with Crippen molar-refractivity contribution in [3.05, 3.63) is 32.9 Å². The molecular formula is C13H16INO3. The van der Waals surface area contributed by atoms with E-state index in [-0.39, 0.29) is 18.9 Å². The molecule has 5 heteroatoms. The molecule has 0 aliphatic heterocycles. The molecule has 0 saturated heterocycles. The van der Waals surface area contributed by atoms with Gasteiger partial charge in [0.2, 0.25) is 0 Å². The first kappa shape index (κ1) is 14.9. The molecule has 0 bridgehead atoms. The molecule has 1 N–H and O–H groups in total. The molecule has 0 aromatic heterocycles. The van der Waals surface area contributed by atoms with Gasteiger partial charge in [-0.05, 0) is 48.1 Å². The molecule has 4 nitrogen and oxygen atoms in total. The zero-order chi connectivity index (χ0) is 13.7. The third-order valence-corrected chi connectivity index (χ3v) is 4.12. The van der Waals surface area contributed by atoms with Gasteiger partial charge < -0.3 is 10.0 Å².